The summed E-state index contributed by atoms with van der Waals surface area (Å²) in [5.41, 5.74) is -0.795. The summed E-state index contributed by atoms with van der Waals surface area (Å²) in [4.78, 5) is 19.0. The molecule has 2 heterocycles. The van der Waals surface area contributed by atoms with E-state index < -0.39 is 11.7 Å². The van der Waals surface area contributed by atoms with Crippen molar-refractivity contribution in [1.82, 2.24) is 9.88 Å². The van der Waals surface area contributed by atoms with Crippen molar-refractivity contribution >= 4 is 17.7 Å². The summed E-state index contributed by atoms with van der Waals surface area (Å²) in [5, 5.41) is 0. The summed E-state index contributed by atoms with van der Waals surface area (Å²) >= 11 is 1.62. The van der Waals surface area contributed by atoms with Crippen LogP contribution in [-0.2, 0) is 11.0 Å². The number of thioether (sulfide) groups is 1. The van der Waals surface area contributed by atoms with Crippen LogP contribution in [0.2, 0.25) is 0 Å². The zero-order valence-corrected chi connectivity index (χ0v) is 15.3. The molecule has 3 rings (SSSR count). The number of rotatable bonds is 6. The number of hydrogen-bond donors (Lipinski definition) is 0. The van der Waals surface area contributed by atoms with E-state index in [-0.39, 0.29) is 17.9 Å². The van der Waals surface area contributed by atoms with Gasteiger partial charge in [-0.05, 0) is 18.2 Å². The van der Waals surface area contributed by atoms with Crippen molar-refractivity contribution < 1.29 is 22.7 Å². The van der Waals surface area contributed by atoms with Crippen LogP contribution in [0.3, 0.4) is 0 Å². The third-order valence-electron chi connectivity index (χ3n) is 4.18. The Morgan fingerprint density at radius 3 is 2.78 bits per heavy atom. The largest absolute Gasteiger partial charge is 0.472 e. The standard InChI is InChI=1S/C19H19F3N2O2S/c20-19(21,22)14-6-9-23-17(12-14)26-15-7-10-24(13-15)18(25)8-11-27-16-4-2-1-3-5-16/h1-6,9,12,15H,7-8,10-11,13H2/t15-/m1/s1. The number of halogens is 3. The second-order valence-electron chi connectivity index (χ2n) is 6.16. The van der Waals surface area contributed by atoms with Crippen LogP contribution in [0.5, 0.6) is 5.88 Å². The molecule has 1 aliphatic heterocycles. The van der Waals surface area contributed by atoms with Crippen LogP contribution in [0.15, 0.2) is 53.6 Å². The summed E-state index contributed by atoms with van der Waals surface area (Å²) in [7, 11) is 0. The molecule has 0 N–H and O–H groups in total. The Labute approximate surface area is 159 Å². The third kappa shape index (κ3) is 5.63. The van der Waals surface area contributed by atoms with E-state index in [1.165, 1.54) is 0 Å². The number of pyridine rings is 1. The predicted octanol–water partition coefficient (Wildman–Crippen LogP) is 4.26. The van der Waals surface area contributed by atoms with Gasteiger partial charge in [0.15, 0.2) is 0 Å². The topological polar surface area (TPSA) is 42.4 Å². The Bertz CT molecular complexity index is 771. The molecule has 1 fully saturated rings. The Morgan fingerprint density at radius 2 is 2.04 bits per heavy atom. The number of carbonyl (C=O) groups is 1. The lowest BCUT2D eigenvalue weighted by molar-refractivity contribution is -0.137. The first-order valence-corrected chi connectivity index (χ1v) is 9.56. The quantitative estimate of drug-likeness (QED) is 0.684. The number of amides is 1. The minimum atomic E-state index is -4.44. The first-order valence-electron chi connectivity index (χ1n) is 8.57. The van der Waals surface area contributed by atoms with Gasteiger partial charge in [0.05, 0.1) is 12.1 Å². The number of hydrogen-bond acceptors (Lipinski definition) is 4. The second kappa shape index (κ2) is 8.65. The van der Waals surface area contributed by atoms with Gasteiger partial charge in [-0.2, -0.15) is 13.2 Å². The number of likely N-dealkylation sites (tertiary alicyclic amines) is 1. The van der Waals surface area contributed by atoms with Gasteiger partial charge in [0.1, 0.15) is 6.10 Å². The molecule has 8 heteroatoms. The van der Waals surface area contributed by atoms with Crippen LogP contribution in [0, 0.1) is 0 Å². The van der Waals surface area contributed by atoms with Crippen LogP contribution in [0.4, 0.5) is 13.2 Å². The highest BCUT2D eigenvalue weighted by molar-refractivity contribution is 7.99. The molecule has 1 aromatic carbocycles. The van der Waals surface area contributed by atoms with Crippen LogP contribution < -0.4 is 4.74 Å². The minimum absolute atomic E-state index is 0.0292. The Balaban J connectivity index is 1.46. The maximum Gasteiger partial charge on any atom is 0.416 e. The van der Waals surface area contributed by atoms with Crippen LogP contribution in [-0.4, -0.2) is 40.7 Å². The van der Waals surface area contributed by atoms with Gasteiger partial charge in [0.25, 0.3) is 0 Å². The summed E-state index contributed by atoms with van der Waals surface area (Å²) in [5.74, 6) is 0.644. The maximum absolute atomic E-state index is 12.8. The molecule has 144 valence electrons. The van der Waals surface area contributed by atoms with Gasteiger partial charge in [-0.3, -0.25) is 4.79 Å². The monoisotopic (exact) mass is 396 g/mol. The van der Waals surface area contributed by atoms with Crippen molar-refractivity contribution in [3.63, 3.8) is 0 Å². The fourth-order valence-electron chi connectivity index (χ4n) is 2.80. The van der Waals surface area contributed by atoms with Crippen LogP contribution >= 0.6 is 11.8 Å². The number of aromatic nitrogens is 1. The zero-order valence-electron chi connectivity index (χ0n) is 14.5. The molecule has 1 atom stereocenters. The molecule has 1 amide bonds. The summed E-state index contributed by atoms with van der Waals surface area (Å²) in [6, 6.07) is 11.6. The molecular formula is C19H19F3N2O2S. The third-order valence-corrected chi connectivity index (χ3v) is 5.19. The molecule has 4 nitrogen and oxygen atoms in total. The highest BCUT2D eigenvalue weighted by Gasteiger charge is 2.32. The second-order valence-corrected chi connectivity index (χ2v) is 7.33. The van der Waals surface area contributed by atoms with Gasteiger partial charge in [0, 0.05) is 42.3 Å². The molecule has 0 radical (unpaired) electrons. The van der Waals surface area contributed by atoms with Crippen molar-refractivity contribution in [2.75, 3.05) is 18.8 Å². The van der Waals surface area contributed by atoms with Crippen LogP contribution in [0.1, 0.15) is 18.4 Å². The van der Waals surface area contributed by atoms with Gasteiger partial charge in [0.2, 0.25) is 11.8 Å². The summed E-state index contributed by atoms with van der Waals surface area (Å²) in [6.45, 7) is 0.908. The van der Waals surface area contributed by atoms with E-state index in [4.69, 9.17) is 4.74 Å². The van der Waals surface area contributed by atoms with E-state index in [1.54, 1.807) is 16.7 Å². The van der Waals surface area contributed by atoms with Crippen molar-refractivity contribution in [3.8, 4) is 5.88 Å². The summed E-state index contributed by atoms with van der Waals surface area (Å²) < 4.78 is 43.8. The van der Waals surface area contributed by atoms with Gasteiger partial charge in [-0.1, -0.05) is 18.2 Å². The van der Waals surface area contributed by atoms with Crippen molar-refractivity contribution in [1.29, 1.82) is 0 Å². The molecule has 0 spiro atoms. The molecule has 0 unspecified atom stereocenters. The highest BCUT2D eigenvalue weighted by atomic mass is 32.2. The zero-order chi connectivity index (χ0) is 19.3. The first kappa shape index (κ1) is 19.5. The molecule has 2 aromatic rings. The molecule has 1 aromatic heterocycles. The van der Waals surface area contributed by atoms with Crippen LogP contribution in [0.25, 0.3) is 0 Å². The molecule has 0 saturated carbocycles. The van der Waals surface area contributed by atoms with E-state index in [2.05, 4.69) is 4.98 Å². The number of alkyl halides is 3. The lowest BCUT2D eigenvalue weighted by atomic mass is 10.2. The van der Waals surface area contributed by atoms with Crippen molar-refractivity contribution in [2.24, 2.45) is 0 Å². The Kier molecular flexibility index (Phi) is 6.26. The van der Waals surface area contributed by atoms with E-state index in [1.807, 2.05) is 30.3 Å². The number of benzene rings is 1. The average Bonchev–Trinajstić information content (AvgIpc) is 3.11. The fourth-order valence-corrected chi connectivity index (χ4v) is 3.66. The smallest absolute Gasteiger partial charge is 0.416 e. The minimum Gasteiger partial charge on any atom is -0.472 e. The number of ether oxygens (including phenoxy) is 1. The average molecular weight is 396 g/mol. The SMILES string of the molecule is O=C(CCSc1ccccc1)N1CC[C@@H](Oc2cc(C(F)(F)F)ccn2)C1. The van der Waals surface area contributed by atoms with Crippen molar-refractivity contribution in [2.45, 2.75) is 30.0 Å². The number of carbonyl (C=O) groups excluding carboxylic acids is 1. The van der Waals surface area contributed by atoms with Gasteiger partial charge < -0.3 is 9.64 Å². The molecule has 0 aliphatic carbocycles. The van der Waals surface area contributed by atoms with E-state index in [0.717, 1.165) is 23.2 Å². The predicted molar refractivity (Wildman–Crippen MR) is 96.6 cm³/mol. The van der Waals surface area contributed by atoms with Crippen molar-refractivity contribution in [3.05, 3.63) is 54.2 Å². The Hall–Kier alpha value is -2.22. The van der Waals surface area contributed by atoms with E-state index in [0.29, 0.717) is 31.7 Å². The lowest BCUT2D eigenvalue weighted by Gasteiger charge is -2.17. The van der Waals surface area contributed by atoms with Gasteiger partial charge >= 0.3 is 6.18 Å². The van der Waals surface area contributed by atoms with Gasteiger partial charge in [-0.25, -0.2) is 4.98 Å². The van der Waals surface area contributed by atoms with E-state index in [9.17, 15) is 18.0 Å². The molecule has 1 saturated heterocycles. The van der Waals surface area contributed by atoms with E-state index >= 15 is 0 Å². The Morgan fingerprint density at radius 1 is 1.26 bits per heavy atom. The molecule has 27 heavy (non-hydrogen) atoms. The summed E-state index contributed by atoms with van der Waals surface area (Å²) in [6.07, 6.45) is -2.71. The fraction of sp³-hybridized carbons (Fsp3) is 0.368. The normalized spacial score (nSPS) is 17.1. The number of nitrogens with zero attached hydrogens (tertiary/aromatic N) is 2. The van der Waals surface area contributed by atoms with Gasteiger partial charge in [-0.15, -0.1) is 11.8 Å². The molecule has 1 aliphatic rings. The maximum atomic E-state index is 12.8. The molecule has 0 bridgehead atoms. The molecular weight excluding hydrogens is 377 g/mol. The first-order chi connectivity index (χ1) is 12.9. The lowest BCUT2D eigenvalue weighted by Crippen LogP contribution is -2.31. The highest BCUT2D eigenvalue weighted by Crippen LogP contribution is 2.31.